The summed E-state index contributed by atoms with van der Waals surface area (Å²) in [5.41, 5.74) is 2.44. The number of rotatable bonds is 8. The van der Waals surface area contributed by atoms with E-state index >= 15 is 0 Å². The molecule has 0 saturated carbocycles. The molecule has 0 radical (unpaired) electrons. The zero-order chi connectivity index (χ0) is 24.6. The van der Waals surface area contributed by atoms with Gasteiger partial charge in [0.2, 0.25) is 5.91 Å². The molecule has 33 heavy (non-hydrogen) atoms. The summed E-state index contributed by atoms with van der Waals surface area (Å²) in [4.78, 5) is 40.1. The number of hydrogen-bond donors (Lipinski definition) is 2. The number of aryl methyl sites for hydroxylation is 2. The van der Waals surface area contributed by atoms with Crippen molar-refractivity contribution in [3.8, 4) is 0 Å². The average Bonchev–Trinajstić information content (AvgIpc) is 2.73. The van der Waals surface area contributed by atoms with Crippen LogP contribution in [0.25, 0.3) is 0 Å². The minimum absolute atomic E-state index is 0.120. The number of para-hydroxylation sites is 1. The fourth-order valence-corrected chi connectivity index (χ4v) is 3.31. The van der Waals surface area contributed by atoms with E-state index in [1.807, 2.05) is 62.4 Å². The molecule has 1 atom stereocenters. The zero-order valence-corrected chi connectivity index (χ0v) is 20.0. The summed E-state index contributed by atoms with van der Waals surface area (Å²) in [6.45, 7) is 12.6. The summed E-state index contributed by atoms with van der Waals surface area (Å²) >= 11 is 0. The Morgan fingerprint density at radius 1 is 1.03 bits per heavy atom. The van der Waals surface area contributed by atoms with Gasteiger partial charge in [-0.15, -0.1) is 6.58 Å². The molecule has 2 aromatic carbocycles. The number of ether oxygens (including phenoxy) is 1. The van der Waals surface area contributed by atoms with Crippen LogP contribution in [-0.2, 0) is 14.3 Å². The van der Waals surface area contributed by atoms with Crippen LogP contribution in [0.5, 0.6) is 0 Å². The lowest BCUT2D eigenvalue weighted by Crippen LogP contribution is -2.46. The third kappa shape index (κ3) is 7.49. The molecule has 2 N–H and O–H groups in total. The standard InChI is InChI=1S/C26H33N3O4/c1-7-16-29(22(30)17-27-25(32)33-26(4,5)6)23(20-14-10-8-12-18(20)2)24(31)28-21-15-11-9-13-19(21)3/h7-15,23H,1,16-17H2,2-6H3,(H,27,32)(H,28,31). The summed E-state index contributed by atoms with van der Waals surface area (Å²) < 4.78 is 5.21. The Hall–Kier alpha value is -3.61. The molecule has 2 rings (SSSR count). The predicted molar refractivity (Wildman–Crippen MR) is 130 cm³/mol. The molecule has 3 amide bonds. The van der Waals surface area contributed by atoms with Crippen LogP contribution in [-0.4, -0.2) is 41.5 Å². The van der Waals surface area contributed by atoms with Crippen LogP contribution in [0, 0.1) is 13.8 Å². The molecule has 176 valence electrons. The van der Waals surface area contributed by atoms with E-state index in [1.54, 1.807) is 26.8 Å². The molecular weight excluding hydrogens is 418 g/mol. The molecular formula is C26H33N3O4. The molecule has 0 heterocycles. The van der Waals surface area contributed by atoms with Crippen molar-refractivity contribution in [1.29, 1.82) is 0 Å². The predicted octanol–water partition coefficient (Wildman–Crippen LogP) is 4.52. The molecule has 7 nitrogen and oxygen atoms in total. The lowest BCUT2D eigenvalue weighted by Gasteiger charge is -2.32. The molecule has 2 aromatic rings. The van der Waals surface area contributed by atoms with Crippen LogP contribution in [0.1, 0.15) is 43.5 Å². The Bertz CT molecular complexity index is 1010. The summed E-state index contributed by atoms with van der Waals surface area (Å²) in [6.07, 6.45) is 0.851. The highest BCUT2D eigenvalue weighted by molar-refractivity contribution is 5.99. The smallest absolute Gasteiger partial charge is 0.408 e. The second-order valence-corrected chi connectivity index (χ2v) is 8.75. The first-order valence-corrected chi connectivity index (χ1v) is 10.8. The molecule has 7 heteroatoms. The van der Waals surface area contributed by atoms with Crippen molar-refractivity contribution in [1.82, 2.24) is 10.2 Å². The van der Waals surface area contributed by atoms with Gasteiger partial charge in [-0.1, -0.05) is 48.5 Å². The average molecular weight is 452 g/mol. The lowest BCUT2D eigenvalue weighted by molar-refractivity contribution is -0.137. The van der Waals surface area contributed by atoms with Gasteiger partial charge in [0.25, 0.3) is 5.91 Å². The molecule has 0 aliphatic heterocycles. The van der Waals surface area contributed by atoms with Gasteiger partial charge < -0.3 is 20.3 Å². The molecule has 0 spiro atoms. The van der Waals surface area contributed by atoms with Gasteiger partial charge in [0.15, 0.2) is 0 Å². The molecule has 0 aliphatic carbocycles. The second kappa shape index (κ2) is 11.3. The van der Waals surface area contributed by atoms with E-state index < -0.39 is 23.6 Å². The summed E-state index contributed by atoms with van der Waals surface area (Å²) in [5, 5.41) is 5.42. The van der Waals surface area contributed by atoms with Crippen molar-refractivity contribution >= 4 is 23.6 Å². The van der Waals surface area contributed by atoms with Crippen molar-refractivity contribution < 1.29 is 19.1 Å². The SMILES string of the molecule is C=CCN(C(=O)CNC(=O)OC(C)(C)C)C(C(=O)Nc1ccccc1C)c1ccccc1C. The molecule has 0 fully saturated rings. The summed E-state index contributed by atoms with van der Waals surface area (Å²) in [7, 11) is 0. The maximum Gasteiger partial charge on any atom is 0.408 e. The van der Waals surface area contributed by atoms with Gasteiger partial charge in [0, 0.05) is 12.2 Å². The number of benzene rings is 2. The fourth-order valence-electron chi connectivity index (χ4n) is 3.31. The van der Waals surface area contributed by atoms with E-state index in [4.69, 9.17) is 4.74 Å². The van der Waals surface area contributed by atoms with Gasteiger partial charge in [0.1, 0.15) is 18.2 Å². The monoisotopic (exact) mass is 451 g/mol. The fraction of sp³-hybridized carbons (Fsp3) is 0.346. The lowest BCUT2D eigenvalue weighted by atomic mass is 9.98. The molecule has 0 bridgehead atoms. The van der Waals surface area contributed by atoms with E-state index in [2.05, 4.69) is 17.2 Å². The number of carbonyl (C=O) groups excluding carboxylic acids is 3. The molecule has 0 aliphatic rings. The summed E-state index contributed by atoms with van der Waals surface area (Å²) in [5.74, 6) is -0.792. The Labute approximate surface area is 195 Å². The van der Waals surface area contributed by atoms with E-state index in [0.29, 0.717) is 11.3 Å². The Morgan fingerprint density at radius 3 is 2.21 bits per heavy atom. The number of anilines is 1. The maximum atomic E-state index is 13.5. The highest BCUT2D eigenvalue weighted by Gasteiger charge is 2.32. The second-order valence-electron chi connectivity index (χ2n) is 8.75. The number of amides is 3. The van der Waals surface area contributed by atoms with E-state index in [1.165, 1.54) is 4.90 Å². The first-order chi connectivity index (χ1) is 15.5. The minimum Gasteiger partial charge on any atom is -0.444 e. The third-order valence-corrected chi connectivity index (χ3v) is 4.87. The van der Waals surface area contributed by atoms with Gasteiger partial charge in [-0.25, -0.2) is 4.79 Å². The van der Waals surface area contributed by atoms with E-state index in [-0.39, 0.29) is 19.0 Å². The van der Waals surface area contributed by atoms with Crippen LogP contribution < -0.4 is 10.6 Å². The van der Waals surface area contributed by atoms with Gasteiger partial charge in [-0.05, 0) is 57.4 Å². The van der Waals surface area contributed by atoms with Crippen molar-refractivity contribution in [3.63, 3.8) is 0 Å². The minimum atomic E-state index is -0.920. The van der Waals surface area contributed by atoms with Gasteiger partial charge >= 0.3 is 6.09 Å². The number of hydrogen-bond acceptors (Lipinski definition) is 4. The number of nitrogens with zero attached hydrogens (tertiary/aromatic N) is 1. The number of carbonyl (C=O) groups is 3. The van der Waals surface area contributed by atoms with Crippen LogP contribution in [0.2, 0.25) is 0 Å². The third-order valence-electron chi connectivity index (χ3n) is 4.87. The number of nitrogens with one attached hydrogen (secondary N) is 2. The first kappa shape index (κ1) is 25.6. The van der Waals surface area contributed by atoms with Crippen molar-refractivity contribution in [3.05, 3.63) is 77.9 Å². The van der Waals surface area contributed by atoms with Crippen LogP contribution in [0.15, 0.2) is 61.2 Å². The van der Waals surface area contributed by atoms with Gasteiger partial charge in [-0.3, -0.25) is 9.59 Å². The number of alkyl carbamates (subject to hydrolysis) is 1. The van der Waals surface area contributed by atoms with E-state index in [9.17, 15) is 14.4 Å². The van der Waals surface area contributed by atoms with Crippen LogP contribution >= 0.6 is 0 Å². The van der Waals surface area contributed by atoms with Crippen molar-refractivity contribution in [2.75, 3.05) is 18.4 Å². The molecule has 1 unspecified atom stereocenters. The van der Waals surface area contributed by atoms with Gasteiger partial charge in [0.05, 0.1) is 0 Å². The largest absolute Gasteiger partial charge is 0.444 e. The normalized spacial score (nSPS) is 11.8. The molecule has 0 saturated heterocycles. The summed E-state index contributed by atoms with van der Waals surface area (Å²) in [6, 6.07) is 13.9. The zero-order valence-electron chi connectivity index (χ0n) is 20.0. The Balaban J connectivity index is 2.35. The van der Waals surface area contributed by atoms with Gasteiger partial charge in [-0.2, -0.15) is 0 Å². The van der Waals surface area contributed by atoms with Crippen LogP contribution in [0.4, 0.5) is 10.5 Å². The highest BCUT2D eigenvalue weighted by Crippen LogP contribution is 2.27. The van der Waals surface area contributed by atoms with Crippen molar-refractivity contribution in [2.45, 2.75) is 46.3 Å². The van der Waals surface area contributed by atoms with E-state index in [0.717, 1.165) is 11.1 Å². The van der Waals surface area contributed by atoms with Crippen LogP contribution in [0.3, 0.4) is 0 Å². The highest BCUT2D eigenvalue weighted by atomic mass is 16.6. The molecule has 0 aromatic heterocycles. The first-order valence-electron chi connectivity index (χ1n) is 10.8. The maximum absolute atomic E-state index is 13.5. The quantitative estimate of drug-likeness (QED) is 0.578. The topological polar surface area (TPSA) is 87.7 Å². The van der Waals surface area contributed by atoms with Crippen molar-refractivity contribution in [2.24, 2.45) is 0 Å². The Morgan fingerprint density at radius 2 is 1.64 bits per heavy atom. The Kier molecular flexibility index (Phi) is 8.79.